The van der Waals surface area contributed by atoms with E-state index in [-0.39, 0.29) is 128 Å². The number of hydrogen-bond acceptors (Lipinski definition) is 26. The summed E-state index contributed by atoms with van der Waals surface area (Å²) in [4.78, 5) is 198. The van der Waals surface area contributed by atoms with E-state index in [4.69, 9.17) is 39.5 Å². The van der Waals surface area contributed by atoms with Gasteiger partial charge in [0.2, 0.25) is 53.2 Å². The van der Waals surface area contributed by atoms with Crippen molar-refractivity contribution in [1.29, 1.82) is 0 Å². The average Bonchev–Trinajstić information content (AvgIpc) is 0.993. The smallest absolute Gasteiger partial charge is 0.308 e. The third-order valence-electron chi connectivity index (χ3n) is 22.0. The Bertz CT molecular complexity index is 5380. The molecule has 0 aliphatic carbocycles. The molecule has 8 atom stereocenters. The van der Waals surface area contributed by atoms with E-state index in [9.17, 15) is 67.1 Å². The van der Waals surface area contributed by atoms with Crippen molar-refractivity contribution in [3.05, 3.63) is 260 Å². The van der Waals surface area contributed by atoms with Gasteiger partial charge >= 0.3 is 23.9 Å². The van der Waals surface area contributed by atoms with Crippen LogP contribution in [0.15, 0.2) is 205 Å². The van der Waals surface area contributed by atoms with Crippen LogP contribution in [-0.4, -0.2) is 208 Å². The average molecular weight is 1990 g/mol. The lowest BCUT2D eigenvalue weighted by Gasteiger charge is -2.27. The van der Waals surface area contributed by atoms with E-state index in [1.165, 1.54) is 0 Å². The second-order valence-corrected chi connectivity index (χ2v) is 35.0. The van der Waals surface area contributed by atoms with Crippen LogP contribution < -0.4 is 47.9 Å². The molecule has 772 valence electrons. The fourth-order valence-electron chi connectivity index (χ4n) is 14.5. The van der Waals surface area contributed by atoms with Gasteiger partial charge in [0.15, 0.2) is 0 Å². The highest BCUT2D eigenvalue weighted by Gasteiger charge is 2.38. The van der Waals surface area contributed by atoms with Crippen LogP contribution in [0.3, 0.4) is 0 Å². The number of hydrogen-bond donors (Lipinski definition) is 9. The number of nitrogens with zero attached hydrogens (tertiary/aromatic N) is 12. The summed E-state index contributed by atoms with van der Waals surface area (Å²) >= 11 is 0. The minimum atomic E-state index is -1.65. The Morgan fingerprint density at radius 3 is 1.06 bits per heavy atom. The molecule has 0 aliphatic heterocycles. The third kappa shape index (κ3) is 47.9. The molecule has 0 spiro atoms. The molecule has 8 rings (SSSR count). The minimum absolute atomic E-state index is 0.0502. The van der Waals surface area contributed by atoms with Crippen LogP contribution in [0, 0.1) is 17.8 Å². The Morgan fingerprint density at radius 1 is 0.354 bits per heavy atom. The molecule has 0 saturated heterocycles. The van der Waals surface area contributed by atoms with E-state index in [2.05, 4.69) is 88.5 Å². The number of nitrogens with one attached hydrogen (secondary N) is 9. The monoisotopic (exact) mass is 1990 g/mol. The van der Waals surface area contributed by atoms with Crippen molar-refractivity contribution in [2.75, 3.05) is 52.6 Å². The maximum absolute atomic E-state index is 14.4. The maximum atomic E-state index is 14.4. The van der Waals surface area contributed by atoms with E-state index in [1.54, 1.807) is 161 Å². The van der Waals surface area contributed by atoms with Gasteiger partial charge in [0.05, 0.1) is 76.6 Å². The number of benzene rings is 6. The van der Waals surface area contributed by atoms with Crippen molar-refractivity contribution in [3.63, 3.8) is 0 Å². The van der Waals surface area contributed by atoms with E-state index in [1.807, 2.05) is 84.0 Å². The second-order valence-electron chi connectivity index (χ2n) is 35.0. The van der Waals surface area contributed by atoms with E-state index < -0.39 is 151 Å². The van der Waals surface area contributed by atoms with Gasteiger partial charge in [0, 0.05) is 80.0 Å². The van der Waals surface area contributed by atoms with E-state index >= 15 is 0 Å². The standard InChI is InChI=1S/C53H70N10O10.C50H65N11O10/c1-4-5-15-25-55-51(68)46(33-48(65)72-36-40-19-11-7-12-20-40)58-53(70)47(34-49(66)73-37-41-21-13-8-14-22-41)59-52(69)45(30-38(2)3)57-50(67)42(31-39-17-9-6-10-18-39)32-44(64)24-16-23-43-35-63(62-60-43)27-29-71-28-26-56-61-54;1-4-23-52-47(65)42(30-45(63)70-33-37-17-10-6-11-18-37)56-50(68)43(31-46(64)71-34-38-19-12-7-13-20-38)57-49(67)41(29-36-15-8-5-9-16-36)55-48(66)40(28-35(2)3)54-44(62)22-14-21-39-32-61(60-58-39)25-27-69-26-24-53-59-51/h6-14,17-22,35,38,42,45-47H,4-5,15-16,23-34,36-37H2,1-3H3,(H,55,68)(H,57,67)(H,58,70)(H,59,69);5-13,15-20,32,35,40-43H,4,14,21-31,33-34H2,1-3H3,(H,52,65)(H,54,62)(H,55,66)(H,56,68)(H,57,67)/t42-,45-,46-,47+;40-,41+,42+,43-/m01/s1. The molecular weight excluding hydrogens is 1850 g/mol. The highest BCUT2D eigenvalue weighted by atomic mass is 16.5. The fourth-order valence-corrected chi connectivity index (χ4v) is 14.5. The van der Waals surface area contributed by atoms with E-state index in [0.717, 1.165) is 18.4 Å². The van der Waals surface area contributed by atoms with Crippen molar-refractivity contribution in [2.45, 2.75) is 245 Å². The summed E-state index contributed by atoms with van der Waals surface area (Å²) in [6.07, 6.45) is 6.33. The first-order valence-corrected chi connectivity index (χ1v) is 48.7. The summed E-state index contributed by atoms with van der Waals surface area (Å²) in [5, 5.41) is 47.6. The van der Waals surface area contributed by atoms with Crippen LogP contribution in [0.2, 0.25) is 0 Å². The predicted molar refractivity (Wildman–Crippen MR) is 531 cm³/mol. The number of carbonyl (C=O) groups is 14. The normalized spacial score (nSPS) is 12.5. The molecule has 8 aromatic rings. The van der Waals surface area contributed by atoms with Gasteiger partial charge in [0.25, 0.3) is 0 Å². The largest absolute Gasteiger partial charge is 0.461 e. The molecule has 0 unspecified atom stereocenters. The molecule has 0 fully saturated rings. The molecule has 144 heavy (non-hydrogen) atoms. The number of ether oxygens (including phenoxy) is 6. The summed E-state index contributed by atoms with van der Waals surface area (Å²) in [6.45, 7) is 14.0. The maximum Gasteiger partial charge on any atom is 0.308 e. The third-order valence-corrected chi connectivity index (χ3v) is 22.0. The van der Waals surface area contributed by atoms with Gasteiger partial charge in [-0.05, 0) is 114 Å². The number of azide groups is 2. The lowest BCUT2D eigenvalue weighted by atomic mass is 9.91. The van der Waals surface area contributed by atoms with Gasteiger partial charge in [-0.25, -0.2) is 9.36 Å². The lowest BCUT2D eigenvalue weighted by molar-refractivity contribution is -0.149. The quantitative estimate of drug-likeness (QED) is 0.00427. The van der Waals surface area contributed by atoms with Gasteiger partial charge < -0.3 is 76.3 Å². The summed E-state index contributed by atoms with van der Waals surface area (Å²) in [6, 6.07) is 43.7. The van der Waals surface area contributed by atoms with Crippen LogP contribution in [0.4, 0.5) is 0 Å². The molecule has 2 aromatic heterocycles. The number of unbranched alkanes of at least 4 members (excludes halogenated alkanes) is 2. The van der Waals surface area contributed by atoms with Gasteiger partial charge in [-0.2, -0.15) is 0 Å². The molecule has 0 bridgehead atoms. The number of amides is 9. The minimum Gasteiger partial charge on any atom is -0.461 e. The number of rotatable bonds is 67. The Hall–Kier alpha value is -15.1. The Kier molecular flexibility index (Phi) is 54.2. The lowest BCUT2D eigenvalue weighted by Crippen LogP contribution is -2.59. The topological polar surface area (TPSA) is 562 Å². The summed E-state index contributed by atoms with van der Waals surface area (Å²) in [7, 11) is 0. The zero-order chi connectivity index (χ0) is 104. The van der Waals surface area contributed by atoms with Crippen molar-refractivity contribution in [3.8, 4) is 0 Å². The second kappa shape index (κ2) is 67.3. The molecule has 0 radical (unpaired) electrons. The number of carbonyl (C=O) groups excluding carboxylic acids is 14. The van der Waals surface area contributed by atoms with Crippen molar-refractivity contribution in [1.82, 2.24) is 77.8 Å². The first-order valence-electron chi connectivity index (χ1n) is 48.7. The highest BCUT2D eigenvalue weighted by molar-refractivity contribution is 5.99. The molecule has 6 aromatic carbocycles. The van der Waals surface area contributed by atoms with Gasteiger partial charge in [0.1, 0.15) is 74.5 Å². The number of Topliss-reactive ketones (excluding diaryl/α,β-unsaturated/α-hetero) is 1. The van der Waals surface area contributed by atoms with Gasteiger partial charge in [-0.15, -0.1) is 10.2 Å². The van der Waals surface area contributed by atoms with Crippen molar-refractivity contribution < 1.29 is 95.5 Å². The Labute approximate surface area is 838 Å². The number of aryl methyl sites for hydroxylation is 2. The van der Waals surface area contributed by atoms with Gasteiger partial charge in [-0.1, -0.05) is 257 Å². The Morgan fingerprint density at radius 2 is 0.688 bits per heavy atom. The molecule has 9 amide bonds. The SMILES string of the molecule is CCCCCNC(=O)[C@H](CC(=O)OCc1ccccc1)NC(=O)[C@@H](CC(=O)OCc1ccccc1)NC(=O)[C@H](CC(C)C)NC(=O)[C@H](CC(=O)CCCc1cn(CCOCCN=[N+]=[N-])nn1)Cc1ccccc1.CCCNC(=O)[C@H](CC(=O)OCc1ccccc1)NC(=O)[C@@H](CC(=O)OCc1ccccc1)NC(=O)[C@H](Cc1ccccc1)NC(=O)[C@@H](CC(C)C)NC(=O)CCCc1cn(CCOCCN=[N+]=[N-])nn1. The number of aromatic nitrogens is 6. The zero-order valence-corrected chi connectivity index (χ0v) is 82.6. The molecule has 0 saturated carbocycles. The molecular formula is C103H135N21O20. The van der Waals surface area contributed by atoms with Crippen LogP contribution in [-0.2, 0) is 161 Å². The van der Waals surface area contributed by atoms with Crippen molar-refractivity contribution >= 4 is 82.8 Å². The van der Waals surface area contributed by atoms with Gasteiger partial charge in [-0.3, -0.25) is 67.1 Å². The zero-order valence-electron chi connectivity index (χ0n) is 82.6. The fraction of sp³-hybridized carbons (Fsp3) is 0.476. The molecule has 0 aliphatic rings. The number of esters is 4. The molecule has 41 heteroatoms. The summed E-state index contributed by atoms with van der Waals surface area (Å²) in [5.41, 5.74) is 22.3. The van der Waals surface area contributed by atoms with Crippen molar-refractivity contribution in [2.24, 2.45) is 28.0 Å². The van der Waals surface area contributed by atoms with Crippen LogP contribution in [0.25, 0.3) is 20.9 Å². The first kappa shape index (κ1) is 116. The molecule has 9 N–H and O–H groups in total. The molecule has 41 nitrogen and oxygen atoms in total. The summed E-state index contributed by atoms with van der Waals surface area (Å²) in [5.74, 6) is -11.0. The number of ketones is 1. The summed E-state index contributed by atoms with van der Waals surface area (Å²) < 4.78 is 35.9. The molecule has 2 heterocycles. The Balaban J connectivity index is 0.000000391. The van der Waals surface area contributed by atoms with Crippen LogP contribution in [0.1, 0.15) is 183 Å². The first-order chi connectivity index (χ1) is 69.6. The van der Waals surface area contributed by atoms with Crippen LogP contribution in [0.5, 0.6) is 0 Å². The predicted octanol–water partition coefficient (Wildman–Crippen LogP) is 9.77. The van der Waals surface area contributed by atoms with E-state index in [0.29, 0.717) is 104 Å². The highest BCUT2D eigenvalue weighted by Crippen LogP contribution is 2.21. The van der Waals surface area contributed by atoms with Crippen LogP contribution >= 0.6 is 0 Å².